The number of aromatic nitrogens is 2. The van der Waals surface area contributed by atoms with E-state index in [0.717, 1.165) is 12.1 Å². The first-order chi connectivity index (χ1) is 16.4. The SMILES string of the molecule is COc1cc(/C=C\c2[nH]c(=O)[nH]c(=O)c2[N+](=O)[O-])ccc1Oc1ccc(C(F)(F)F)cc1[N+](=O)[O-]. The zero-order valence-corrected chi connectivity index (χ0v) is 17.4. The number of methoxy groups -OCH3 is 1. The molecule has 2 aromatic carbocycles. The summed E-state index contributed by atoms with van der Waals surface area (Å²) in [4.78, 5) is 47.4. The van der Waals surface area contributed by atoms with Crippen LogP contribution >= 0.6 is 0 Å². The van der Waals surface area contributed by atoms with Crippen molar-refractivity contribution in [3.63, 3.8) is 0 Å². The Bertz CT molecular complexity index is 1460. The molecule has 35 heavy (non-hydrogen) atoms. The minimum atomic E-state index is -4.79. The van der Waals surface area contributed by atoms with Gasteiger partial charge in [-0.05, 0) is 35.9 Å². The Morgan fingerprint density at radius 2 is 1.60 bits per heavy atom. The number of nitro groups is 2. The zero-order valence-electron chi connectivity index (χ0n) is 17.4. The van der Waals surface area contributed by atoms with Crippen LogP contribution in [0.4, 0.5) is 24.5 Å². The maximum atomic E-state index is 12.9. The lowest BCUT2D eigenvalue weighted by Gasteiger charge is -2.12. The fourth-order valence-electron chi connectivity index (χ4n) is 2.89. The van der Waals surface area contributed by atoms with Crippen LogP contribution < -0.4 is 20.7 Å². The van der Waals surface area contributed by atoms with E-state index in [-0.39, 0.29) is 17.2 Å². The van der Waals surface area contributed by atoms with Gasteiger partial charge in [-0.15, -0.1) is 0 Å². The van der Waals surface area contributed by atoms with Gasteiger partial charge in [-0.2, -0.15) is 13.2 Å². The highest BCUT2D eigenvalue weighted by atomic mass is 19.4. The van der Waals surface area contributed by atoms with Gasteiger partial charge in [0.2, 0.25) is 5.75 Å². The number of hydrogen-bond acceptors (Lipinski definition) is 8. The molecule has 3 aromatic rings. The van der Waals surface area contributed by atoms with Crippen molar-refractivity contribution in [3.8, 4) is 17.2 Å². The van der Waals surface area contributed by atoms with E-state index in [1.54, 1.807) is 4.98 Å². The molecule has 0 fully saturated rings. The molecule has 12 nitrogen and oxygen atoms in total. The van der Waals surface area contributed by atoms with Crippen LogP contribution in [0.1, 0.15) is 16.8 Å². The number of benzene rings is 2. The first-order valence-corrected chi connectivity index (χ1v) is 9.31. The van der Waals surface area contributed by atoms with Gasteiger partial charge < -0.3 is 14.5 Å². The predicted octanol–water partition coefficient (Wildman–Crippen LogP) is 3.87. The fraction of sp³-hybridized carbons (Fsp3) is 0.100. The monoisotopic (exact) mass is 494 g/mol. The first kappa shape index (κ1) is 24.7. The van der Waals surface area contributed by atoms with Gasteiger partial charge in [0.25, 0.3) is 0 Å². The van der Waals surface area contributed by atoms with Crippen molar-refractivity contribution in [3.05, 3.63) is 94.3 Å². The summed E-state index contributed by atoms with van der Waals surface area (Å²) in [6.45, 7) is 0. The molecule has 1 heterocycles. The number of nitrogens with one attached hydrogen (secondary N) is 2. The van der Waals surface area contributed by atoms with Crippen molar-refractivity contribution >= 4 is 23.5 Å². The highest BCUT2D eigenvalue weighted by molar-refractivity contribution is 5.72. The van der Waals surface area contributed by atoms with Crippen molar-refractivity contribution in [1.29, 1.82) is 0 Å². The van der Waals surface area contributed by atoms with E-state index in [1.165, 1.54) is 31.4 Å². The molecule has 15 heteroatoms. The van der Waals surface area contributed by atoms with Gasteiger partial charge in [0.05, 0.1) is 22.5 Å². The molecule has 0 saturated heterocycles. The third-order valence-corrected chi connectivity index (χ3v) is 4.46. The topological polar surface area (TPSA) is 170 Å². The van der Waals surface area contributed by atoms with Gasteiger partial charge in [-0.3, -0.25) is 30.0 Å². The second kappa shape index (κ2) is 9.50. The van der Waals surface area contributed by atoms with Crippen molar-refractivity contribution in [2.24, 2.45) is 0 Å². The van der Waals surface area contributed by atoms with E-state index < -0.39 is 50.0 Å². The molecule has 0 atom stereocenters. The lowest BCUT2D eigenvalue weighted by molar-refractivity contribution is -0.386. The molecule has 0 aliphatic heterocycles. The Morgan fingerprint density at radius 1 is 0.914 bits per heavy atom. The molecule has 3 rings (SSSR count). The second-order valence-corrected chi connectivity index (χ2v) is 6.71. The summed E-state index contributed by atoms with van der Waals surface area (Å²) in [5, 5.41) is 22.4. The molecule has 0 unspecified atom stereocenters. The summed E-state index contributed by atoms with van der Waals surface area (Å²) in [6.07, 6.45) is -2.40. The lowest BCUT2D eigenvalue weighted by Crippen LogP contribution is -2.25. The molecule has 2 N–H and O–H groups in total. The van der Waals surface area contributed by atoms with Crippen LogP contribution in [0.25, 0.3) is 12.2 Å². The van der Waals surface area contributed by atoms with Gasteiger partial charge in [-0.25, -0.2) is 4.79 Å². The normalized spacial score (nSPS) is 11.4. The molecular formula is C20H13F3N4O8. The van der Waals surface area contributed by atoms with Crippen LogP contribution in [0.15, 0.2) is 46.0 Å². The van der Waals surface area contributed by atoms with Gasteiger partial charge in [0.1, 0.15) is 5.69 Å². The summed E-state index contributed by atoms with van der Waals surface area (Å²) in [5.41, 5.74) is -5.22. The smallest absolute Gasteiger partial charge is 0.416 e. The lowest BCUT2D eigenvalue weighted by atomic mass is 10.1. The Kier molecular flexibility index (Phi) is 6.70. The molecule has 182 valence electrons. The van der Waals surface area contributed by atoms with Crippen molar-refractivity contribution in [2.45, 2.75) is 6.18 Å². The highest BCUT2D eigenvalue weighted by Gasteiger charge is 2.33. The number of H-pyrrole nitrogens is 2. The van der Waals surface area contributed by atoms with Gasteiger partial charge in [-0.1, -0.05) is 12.1 Å². The first-order valence-electron chi connectivity index (χ1n) is 9.31. The van der Waals surface area contributed by atoms with E-state index in [0.29, 0.717) is 17.7 Å². The minimum absolute atomic E-state index is 0.00949. The van der Waals surface area contributed by atoms with Gasteiger partial charge in [0.15, 0.2) is 11.5 Å². The molecule has 0 radical (unpaired) electrons. The number of halogens is 3. The van der Waals surface area contributed by atoms with Crippen molar-refractivity contribution in [1.82, 2.24) is 9.97 Å². The highest BCUT2D eigenvalue weighted by Crippen LogP contribution is 2.40. The predicted molar refractivity (Wildman–Crippen MR) is 114 cm³/mol. The number of aromatic amines is 2. The van der Waals surface area contributed by atoms with Crippen LogP contribution in [0, 0.1) is 20.2 Å². The van der Waals surface area contributed by atoms with Crippen LogP contribution in [-0.2, 0) is 6.18 Å². The third kappa shape index (κ3) is 5.52. The number of ether oxygens (including phenoxy) is 2. The van der Waals surface area contributed by atoms with Crippen LogP contribution in [-0.4, -0.2) is 26.9 Å². The zero-order chi connectivity index (χ0) is 25.9. The van der Waals surface area contributed by atoms with Crippen LogP contribution in [0.3, 0.4) is 0 Å². The Hall–Kier alpha value is -4.95. The average Bonchev–Trinajstić information content (AvgIpc) is 2.76. The molecule has 0 aliphatic rings. The molecule has 0 amide bonds. The van der Waals surface area contributed by atoms with E-state index in [2.05, 4.69) is 4.98 Å². The van der Waals surface area contributed by atoms with E-state index >= 15 is 0 Å². The van der Waals surface area contributed by atoms with E-state index in [9.17, 15) is 43.0 Å². The second-order valence-electron chi connectivity index (χ2n) is 6.71. The maximum Gasteiger partial charge on any atom is 0.416 e. The summed E-state index contributed by atoms with van der Waals surface area (Å²) < 4.78 is 49.3. The van der Waals surface area contributed by atoms with Crippen molar-refractivity contribution < 1.29 is 32.5 Å². The van der Waals surface area contributed by atoms with Gasteiger partial charge >= 0.3 is 28.8 Å². The largest absolute Gasteiger partial charge is 0.493 e. The number of hydrogen-bond donors (Lipinski definition) is 2. The van der Waals surface area contributed by atoms with E-state index in [1.807, 2.05) is 0 Å². The Balaban J connectivity index is 1.96. The maximum absolute atomic E-state index is 12.9. The Morgan fingerprint density at radius 3 is 2.20 bits per heavy atom. The molecular weight excluding hydrogens is 481 g/mol. The summed E-state index contributed by atoms with van der Waals surface area (Å²) in [7, 11) is 1.23. The average molecular weight is 494 g/mol. The van der Waals surface area contributed by atoms with Crippen molar-refractivity contribution in [2.75, 3.05) is 7.11 Å². The van der Waals surface area contributed by atoms with E-state index in [4.69, 9.17) is 9.47 Å². The summed E-state index contributed by atoms with van der Waals surface area (Å²) in [6, 6.07) is 5.79. The Labute approximate surface area is 191 Å². The molecule has 0 spiro atoms. The third-order valence-electron chi connectivity index (χ3n) is 4.46. The minimum Gasteiger partial charge on any atom is -0.493 e. The number of alkyl halides is 3. The molecule has 0 bridgehead atoms. The molecule has 0 aliphatic carbocycles. The van der Waals surface area contributed by atoms with Crippen LogP contribution in [0.2, 0.25) is 0 Å². The standard InChI is InChI=1S/C20H13F3N4O8/c1-34-16-8-10(2-5-12-17(27(32)33)18(28)25-19(29)24-12)3-6-15(16)35-14-7-4-11(20(21,22)23)9-13(14)26(30)31/h2-9H,1H3,(H2,24,25,28,29)/b5-2-. The fourth-order valence-corrected chi connectivity index (χ4v) is 2.89. The quantitative estimate of drug-likeness (QED) is 0.368. The number of nitrogens with zero attached hydrogens (tertiary/aromatic N) is 2. The summed E-state index contributed by atoms with van der Waals surface area (Å²) >= 11 is 0. The molecule has 0 saturated carbocycles. The number of nitro benzene ring substituents is 1. The molecule has 1 aromatic heterocycles. The van der Waals surface area contributed by atoms with Gasteiger partial charge in [0, 0.05) is 6.07 Å². The summed E-state index contributed by atoms with van der Waals surface area (Å²) in [5.74, 6) is -0.542. The number of rotatable bonds is 7. The van der Waals surface area contributed by atoms with Crippen LogP contribution in [0.5, 0.6) is 17.2 Å².